The second-order valence-electron chi connectivity index (χ2n) is 20.0. The molecule has 3 atom stereocenters. The molecule has 0 bridgehead atoms. The van der Waals surface area contributed by atoms with Crippen molar-refractivity contribution in [1.82, 2.24) is 5.32 Å². The molecule has 1 amide bonds. The Bertz CT molecular complexity index is 1020. The van der Waals surface area contributed by atoms with Crippen LogP contribution in [0.1, 0.15) is 271 Å². The lowest BCUT2D eigenvalue weighted by molar-refractivity contribution is -0.870. The molecular formula is C53H108N2O6P+. The Morgan fingerprint density at radius 3 is 1.24 bits per heavy atom. The topological polar surface area (TPSA) is 105 Å². The summed E-state index contributed by atoms with van der Waals surface area (Å²) in [6, 6.07) is -0.762. The van der Waals surface area contributed by atoms with Gasteiger partial charge in [0, 0.05) is 6.42 Å². The van der Waals surface area contributed by atoms with Gasteiger partial charge in [-0.1, -0.05) is 238 Å². The quantitative estimate of drug-likeness (QED) is 0.0243. The molecule has 0 rings (SSSR count). The molecule has 0 aliphatic rings. The van der Waals surface area contributed by atoms with Gasteiger partial charge in [-0.2, -0.15) is 0 Å². The monoisotopic (exact) mass is 900 g/mol. The zero-order valence-corrected chi connectivity index (χ0v) is 43.0. The molecule has 3 unspecified atom stereocenters. The van der Waals surface area contributed by atoms with Gasteiger partial charge in [-0.25, -0.2) is 4.57 Å². The van der Waals surface area contributed by atoms with Gasteiger partial charge in [-0.05, 0) is 38.5 Å². The zero-order chi connectivity index (χ0) is 45.7. The number of amides is 1. The minimum Gasteiger partial charge on any atom is -0.391 e. The van der Waals surface area contributed by atoms with Crippen molar-refractivity contribution in [2.75, 3.05) is 40.9 Å². The Morgan fingerprint density at radius 2 is 0.871 bits per heavy atom. The van der Waals surface area contributed by atoms with Crippen LogP contribution < -0.4 is 5.32 Å². The molecule has 0 aromatic rings. The van der Waals surface area contributed by atoms with E-state index >= 15 is 0 Å². The highest BCUT2D eigenvalue weighted by molar-refractivity contribution is 7.47. The third-order valence-electron chi connectivity index (χ3n) is 12.5. The molecule has 0 spiro atoms. The fourth-order valence-electron chi connectivity index (χ4n) is 8.22. The highest BCUT2D eigenvalue weighted by Crippen LogP contribution is 2.43. The highest BCUT2D eigenvalue weighted by atomic mass is 31.2. The molecule has 8 nitrogen and oxygen atoms in total. The Labute approximate surface area is 386 Å². The number of likely N-dealkylation sites (N-methyl/N-ethyl adjacent to an activating group) is 1. The van der Waals surface area contributed by atoms with E-state index in [2.05, 4.69) is 31.3 Å². The number of carbonyl (C=O) groups is 1. The second kappa shape index (κ2) is 45.4. The number of unbranched alkanes of at least 4 members (excludes halogenated alkanes) is 35. The Balaban J connectivity index is 4.15. The summed E-state index contributed by atoms with van der Waals surface area (Å²) in [6.07, 6.45) is 54.0. The van der Waals surface area contributed by atoms with Crippen molar-refractivity contribution >= 4 is 13.7 Å². The number of aliphatic hydroxyl groups is 1. The molecule has 62 heavy (non-hydrogen) atoms. The van der Waals surface area contributed by atoms with Crippen LogP contribution in [0.25, 0.3) is 0 Å². The number of allylic oxidation sites excluding steroid dienone is 2. The van der Waals surface area contributed by atoms with E-state index in [1.807, 2.05) is 21.1 Å². The largest absolute Gasteiger partial charge is 0.472 e. The number of nitrogens with zero attached hydrogens (tertiary/aromatic N) is 1. The fourth-order valence-corrected chi connectivity index (χ4v) is 8.96. The summed E-state index contributed by atoms with van der Waals surface area (Å²) < 4.78 is 23.7. The van der Waals surface area contributed by atoms with Crippen LogP contribution in [0.2, 0.25) is 0 Å². The number of nitrogens with one attached hydrogen (secondary N) is 1. The summed E-state index contributed by atoms with van der Waals surface area (Å²) in [5.41, 5.74) is 0. The molecule has 0 fully saturated rings. The average Bonchev–Trinajstić information content (AvgIpc) is 3.23. The lowest BCUT2D eigenvalue weighted by atomic mass is 10.0. The molecule has 0 aromatic heterocycles. The van der Waals surface area contributed by atoms with Crippen molar-refractivity contribution in [2.24, 2.45) is 0 Å². The van der Waals surface area contributed by atoms with Gasteiger partial charge in [0.15, 0.2) is 0 Å². The van der Waals surface area contributed by atoms with Gasteiger partial charge in [0.2, 0.25) is 5.91 Å². The van der Waals surface area contributed by atoms with Crippen LogP contribution in [-0.4, -0.2) is 73.4 Å². The fraction of sp³-hybridized carbons (Fsp3) is 0.943. The van der Waals surface area contributed by atoms with E-state index in [0.717, 1.165) is 51.4 Å². The van der Waals surface area contributed by atoms with Gasteiger partial charge in [0.25, 0.3) is 0 Å². The van der Waals surface area contributed by atoms with Crippen molar-refractivity contribution < 1.29 is 32.9 Å². The lowest BCUT2D eigenvalue weighted by Gasteiger charge is -2.26. The van der Waals surface area contributed by atoms with Gasteiger partial charge >= 0.3 is 7.82 Å². The van der Waals surface area contributed by atoms with E-state index < -0.39 is 20.0 Å². The van der Waals surface area contributed by atoms with Gasteiger partial charge < -0.3 is 19.8 Å². The van der Waals surface area contributed by atoms with Crippen LogP contribution in [0.3, 0.4) is 0 Å². The number of quaternary nitrogens is 1. The van der Waals surface area contributed by atoms with Gasteiger partial charge in [-0.15, -0.1) is 0 Å². The van der Waals surface area contributed by atoms with Gasteiger partial charge in [0.1, 0.15) is 13.2 Å². The third-order valence-corrected chi connectivity index (χ3v) is 13.5. The molecule has 0 heterocycles. The zero-order valence-electron chi connectivity index (χ0n) is 42.1. The molecule has 0 saturated heterocycles. The molecular weight excluding hydrogens is 792 g/mol. The summed E-state index contributed by atoms with van der Waals surface area (Å²) in [5.74, 6) is -0.149. The lowest BCUT2D eigenvalue weighted by Crippen LogP contribution is -2.46. The van der Waals surface area contributed by atoms with E-state index in [9.17, 15) is 19.4 Å². The first kappa shape index (κ1) is 61.2. The molecule has 0 saturated carbocycles. The number of rotatable bonds is 50. The van der Waals surface area contributed by atoms with Crippen LogP contribution in [0, 0.1) is 0 Å². The van der Waals surface area contributed by atoms with E-state index in [0.29, 0.717) is 23.9 Å². The molecule has 9 heteroatoms. The minimum absolute atomic E-state index is 0.0753. The Morgan fingerprint density at radius 1 is 0.532 bits per heavy atom. The smallest absolute Gasteiger partial charge is 0.391 e. The molecule has 0 aliphatic carbocycles. The highest BCUT2D eigenvalue weighted by Gasteiger charge is 2.28. The maximum absolute atomic E-state index is 12.9. The maximum atomic E-state index is 12.9. The van der Waals surface area contributed by atoms with Crippen molar-refractivity contribution in [3.63, 3.8) is 0 Å². The Kier molecular flexibility index (Phi) is 44.8. The molecule has 370 valence electrons. The van der Waals surface area contributed by atoms with Crippen molar-refractivity contribution in [1.29, 1.82) is 0 Å². The SMILES string of the molecule is CCCCCCCC/C=C\CCCCCCCC(=O)NC(COP(=O)(O)OCC[N+](C)(C)C)C(O)CCCCCCCCCCCCCCCCCCCCCCCCCCC. The normalized spacial score (nSPS) is 14.1. The third kappa shape index (κ3) is 47.2. The Hall–Kier alpha value is -0.760. The van der Waals surface area contributed by atoms with E-state index in [1.165, 1.54) is 193 Å². The molecule has 0 aliphatic heterocycles. The van der Waals surface area contributed by atoms with Crippen LogP contribution in [0.15, 0.2) is 12.2 Å². The number of hydrogen-bond acceptors (Lipinski definition) is 5. The summed E-state index contributed by atoms with van der Waals surface area (Å²) in [6.45, 7) is 4.91. The molecule has 0 radical (unpaired) electrons. The van der Waals surface area contributed by atoms with Crippen molar-refractivity contribution in [3.05, 3.63) is 12.2 Å². The first-order valence-corrected chi connectivity index (χ1v) is 28.5. The van der Waals surface area contributed by atoms with Gasteiger partial charge in [-0.3, -0.25) is 13.8 Å². The first-order valence-electron chi connectivity index (χ1n) is 27.1. The number of phosphoric acid groups is 1. The summed E-state index contributed by atoms with van der Waals surface area (Å²) in [5, 5.41) is 14.0. The second-order valence-corrected chi connectivity index (χ2v) is 21.4. The van der Waals surface area contributed by atoms with Crippen LogP contribution in [0.5, 0.6) is 0 Å². The van der Waals surface area contributed by atoms with E-state index in [1.54, 1.807) is 0 Å². The van der Waals surface area contributed by atoms with Gasteiger partial charge in [0.05, 0.1) is 39.9 Å². The molecule has 3 N–H and O–H groups in total. The van der Waals surface area contributed by atoms with E-state index in [4.69, 9.17) is 9.05 Å². The number of aliphatic hydroxyl groups excluding tert-OH is 1. The predicted molar refractivity (Wildman–Crippen MR) is 268 cm³/mol. The standard InChI is InChI=1S/C53H107N2O6P/c1-6-8-10-12-14-16-18-20-22-23-24-25-26-27-28-29-30-31-33-34-36-38-40-42-44-46-52(56)51(50-61-62(58,59)60-49-48-55(3,4)5)54-53(57)47-45-43-41-39-37-35-32-21-19-17-15-13-11-9-7-2/h21,32,51-52,56H,6-20,22-31,33-50H2,1-5H3,(H-,54,57,58,59)/p+1/b32-21-. The van der Waals surface area contributed by atoms with Crippen molar-refractivity contribution in [2.45, 2.75) is 283 Å². The molecule has 0 aromatic carbocycles. The van der Waals surface area contributed by atoms with Crippen molar-refractivity contribution in [3.8, 4) is 0 Å². The van der Waals surface area contributed by atoms with Crippen LogP contribution in [0.4, 0.5) is 0 Å². The first-order chi connectivity index (χ1) is 30.0. The summed E-state index contributed by atoms with van der Waals surface area (Å²) in [7, 11) is 1.62. The maximum Gasteiger partial charge on any atom is 0.472 e. The number of carbonyl (C=O) groups excluding carboxylic acids is 1. The van der Waals surface area contributed by atoms with Crippen LogP contribution in [-0.2, 0) is 18.4 Å². The summed E-state index contributed by atoms with van der Waals surface area (Å²) >= 11 is 0. The van der Waals surface area contributed by atoms with Crippen LogP contribution >= 0.6 is 7.82 Å². The minimum atomic E-state index is -4.32. The predicted octanol–water partition coefficient (Wildman–Crippen LogP) is 15.9. The number of hydrogen-bond donors (Lipinski definition) is 3. The average molecular weight is 900 g/mol. The van der Waals surface area contributed by atoms with E-state index in [-0.39, 0.29) is 19.1 Å². The summed E-state index contributed by atoms with van der Waals surface area (Å²) in [4.78, 5) is 23.2. The number of phosphoric ester groups is 1.